The van der Waals surface area contributed by atoms with Crippen LogP contribution in [0.5, 0.6) is 5.75 Å². The molecule has 22 heavy (non-hydrogen) atoms. The molecule has 0 saturated carbocycles. The Bertz CT molecular complexity index is 702. The Labute approximate surface area is 127 Å². The summed E-state index contributed by atoms with van der Waals surface area (Å²) in [5.74, 6) is -0.332. The molecule has 1 atom stereocenters. The number of nitrogens with zero attached hydrogens (tertiary/aromatic N) is 1. The number of carboxylic acids is 1. The summed E-state index contributed by atoms with van der Waals surface area (Å²) in [7, 11) is 0. The molecule has 0 radical (unpaired) electrons. The van der Waals surface area contributed by atoms with Gasteiger partial charge in [0.1, 0.15) is 11.6 Å². The zero-order valence-corrected chi connectivity index (χ0v) is 12.0. The first-order valence-electron chi connectivity index (χ1n) is 7.23. The number of ether oxygens (including phenoxy) is 1. The van der Waals surface area contributed by atoms with Gasteiger partial charge >= 0.3 is 5.97 Å². The highest BCUT2D eigenvalue weighted by atomic mass is 19.1. The Kier molecular flexibility index (Phi) is 4.04. The second kappa shape index (κ2) is 6.13. The lowest BCUT2D eigenvalue weighted by molar-refractivity contribution is 0.0695. The van der Waals surface area contributed by atoms with Crippen molar-refractivity contribution in [2.75, 3.05) is 6.61 Å². The molecule has 1 N–H and O–H groups in total. The lowest BCUT2D eigenvalue weighted by atomic mass is 9.87. The Morgan fingerprint density at radius 1 is 1.41 bits per heavy atom. The normalized spacial score (nSPS) is 16.7. The van der Waals surface area contributed by atoms with Gasteiger partial charge in [-0.1, -0.05) is 0 Å². The zero-order chi connectivity index (χ0) is 15.5. The molecule has 0 amide bonds. The number of halogens is 1. The van der Waals surface area contributed by atoms with E-state index in [9.17, 15) is 14.3 Å². The first-order chi connectivity index (χ1) is 10.6. The SMILES string of the molecule is O=C(O)c1ccncc1CCC1CCOc2ccc(F)cc21. The Balaban J connectivity index is 1.79. The lowest BCUT2D eigenvalue weighted by Gasteiger charge is -2.26. The maximum absolute atomic E-state index is 13.5. The van der Waals surface area contributed by atoms with Crippen LogP contribution in [0.3, 0.4) is 0 Å². The van der Waals surface area contributed by atoms with Crippen LogP contribution >= 0.6 is 0 Å². The van der Waals surface area contributed by atoms with Crippen molar-refractivity contribution in [2.45, 2.75) is 25.2 Å². The van der Waals surface area contributed by atoms with Gasteiger partial charge in [-0.2, -0.15) is 0 Å². The average molecular weight is 301 g/mol. The van der Waals surface area contributed by atoms with Crippen LogP contribution in [0.25, 0.3) is 0 Å². The topological polar surface area (TPSA) is 59.4 Å². The predicted molar refractivity (Wildman–Crippen MR) is 78.8 cm³/mol. The fourth-order valence-electron chi connectivity index (χ4n) is 2.90. The van der Waals surface area contributed by atoms with Gasteiger partial charge in [0.15, 0.2) is 0 Å². The highest BCUT2D eigenvalue weighted by Crippen LogP contribution is 2.36. The molecule has 0 saturated heterocycles. The van der Waals surface area contributed by atoms with E-state index in [0.717, 1.165) is 24.2 Å². The van der Waals surface area contributed by atoms with Gasteiger partial charge < -0.3 is 9.84 Å². The summed E-state index contributed by atoms with van der Waals surface area (Å²) in [6.45, 7) is 0.599. The van der Waals surface area contributed by atoms with Crippen molar-refractivity contribution in [2.24, 2.45) is 0 Å². The van der Waals surface area contributed by atoms with Gasteiger partial charge in [-0.3, -0.25) is 4.98 Å². The van der Waals surface area contributed by atoms with Crippen LogP contribution in [-0.4, -0.2) is 22.7 Å². The highest BCUT2D eigenvalue weighted by molar-refractivity contribution is 5.89. The third kappa shape index (κ3) is 2.93. The molecule has 0 bridgehead atoms. The number of carboxylic acid groups (broad SMARTS) is 1. The van der Waals surface area contributed by atoms with Gasteiger partial charge in [-0.25, -0.2) is 9.18 Å². The van der Waals surface area contributed by atoms with Crippen molar-refractivity contribution in [3.05, 3.63) is 59.2 Å². The Hall–Kier alpha value is -2.43. The first kappa shape index (κ1) is 14.5. The molecule has 1 unspecified atom stereocenters. The number of aromatic carboxylic acids is 1. The molecule has 1 aliphatic heterocycles. The molecule has 114 valence electrons. The number of rotatable bonds is 4. The third-order valence-corrected chi connectivity index (χ3v) is 4.03. The van der Waals surface area contributed by atoms with Gasteiger partial charge in [-0.05, 0) is 55.0 Å². The van der Waals surface area contributed by atoms with Crippen molar-refractivity contribution < 1.29 is 19.0 Å². The molecule has 4 nitrogen and oxygen atoms in total. The first-order valence-corrected chi connectivity index (χ1v) is 7.23. The van der Waals surface area contributed by atoms with Gasteiger partial charge in [0.25, 0.3) is 0 Å². The Morgan fingerprint density at radius 3 is 3.09 bits per heavy atom. The second-order valence-electron chi connectivity index (χ2n) is 5.39. The van der Waals surface area contributed by atoms with E-state index in [-0.39, 0.29) is 17.3 Å². The average Bonchev–Trinajstić information content (AvgIpc) is 2.53. The summed E-state index contributed by atoms with van der Waals surface area (Å²) < 4.78 is 19.0. The van der Waals surface area contributed by atoms with Crippen LogP contribution in [-0.2, 0) is 6.42 Å². The number of pyridine rings is 1. The molecule has 0 aliphatic carbocycles. The summed E-state index contributed by atoms with van der Waals surface area (Å²) in [5, 5.41) is 9.20. The van der Waals surface area contributed by atoms with Crippen molar-refractivity contribution >= 4 is 5.97 Å². The van der Waals surface area contributed by atoms with Crippen LogP contribution in [0, 0.1) is 5.82 Å². The van der Waals surface area contributed by atoms with E-state index >= 15 is 0 Å². The van der Waals surface area contributed by atoms with E-state index < -0.39 is 5.97 Å². The fourth-order valence-corrected chi connectivity index (χ4v) is 2.90. The van der Waals surface area contributed by atoms with Crippen molar-refractivity contribution in [1.29, 1.82) is 0 Å². The number of fused-ring (bicyclic) bond motifs is 1. The van der Waals surface area contributed by atoms with E-state index in [1.54, 1.807) is 12.3 Å². The molecule has 2 heterocycles. The summed E-state index contributed by atoms with van der Waals surface area (Å²) in [6, 6.07) is 6.07. The van der Waals surface area contributed by atoms with E-state index in [1.165, 1.54) is 24.4 Å². The number of hydrogen-bond acceptors (Lipinski definition) is 3. The van der Waals surface area contributed by atoms with Gasteiger partial charge in [0.05, 0.1) is 12.2 Å². The maximum atomic E-state index is 13.5. The standard InChI is InChI=1S/C17H16FNO3/c18-13-3-4-16-15(9-13)11(6-8-22-16)1-2-12-10-19-7-5-14(12)17(20)21/h3-5,7,9-11H,1-2,6,8H2,(H,20,21). The third-order valence-electron chi connectivity index (χ3n) is 4.03. The molecule has 2 aromatic rings. The van der Waals surface area contributed by atoms with Crippen LogP contribution in [0.2, 0.25) is 0 Å². The van der Waals surface area contributed by atoms with E-state index in [1.807, 2.05) is 0 Å². The minimum atomic E-state index is -0.948. The minimum Gasteiger partial charge on any atom is -0.493 e. The van der Waals surface area contributed by atoms with E-state index in [4.69, 9.17) is 4.74 Å². The van der Waals surface area contributed by atoms with Crippen molar-refractivity contribution in [3.63, 3.8) is 0 Å². The largest absolute Gasteiger partial charge is 0.493 e. The summed E-state index contributed by atoms with van der Waals surface area (Å²) in [6.07, 6.45) is 5.21. The van der Waals surface area contributed by atoms with Crippen LogP contribution in [0.4, 0.5) is 4.39 Å². The molecule has 0 fully saturated rings. The monoisotopic (exact) mass is 301 g/mol. The molecular formula is C17H16FNO3. The van der Waals surface area contributed by atoms with E-state index in [2.05, 4.69) is 4.98 Å². The smallest absolute Gasteiger partial charge is 0.336 e. The summed E-state index contributed by atoms with van der Waals surface area (Å²) in [5.41, 5.74) is 1.85. The predicted octanol–water partition coefficient (Wildman–Crippen LogP) is 3.42. The molecule has 3 rings (SSSR count). The van der Waals surface area contributed by atoms with Crippen LogP contribution < -0.4 is 4.74 Å². The van der Waals surface area contributed by atoms with Crippen molar-refractivity contribution in [3.8, 4) is 5.75 Å². The number of benzene rings is 1. The minimum absolute atomic E-state index is 0.168. The molecule has 1 aromatic heterocycles. The molecule has 1 aromatic carbocycles. The zero-order valence-electron chi connectivity index (χ0n) is 12.0. The van der Waals surface area contributed by atoms with Gasteiger partial charge in [0, 0.05) is 18.0 Å². The fraction of sp³-hybridized carbons (Fsp3) is 0.294. The van der Waals surface area contributed by atoms with Crippen LogP contribution in [0.15, 0.2) is 36.7 Å². The molecule has 5 heteroatoms. The Morgan fingerprint density at radius 2 is 2.27 bits per heavy atom. The molecular weight excluding hydrogens is 285 g/mol. The highest BCUT2D eigenvalue weighted by Gasteiger charge is 2.22. The number of aromatic nitrogens is 1. The number of carbonyl (C=O) groups is 1. The summed E-state index contributed by atoms with van der Waals surface area (Å²) >= 11 is 0. The number of hydrogen-bond donors (Lipinski definition) is 1. The molecule has 1 aliphatic rings. The molecule has 0 spiro atoms. The summed E-state index contributed by atoms with van der Waals surface area (Å²) in [4.78, 5) is 15.2. The second-order valence-corrected chi connectivity index (χ2v) is 5.39. The number of aryl methyl sites for hydroxylation is 1. The van der Waals surface area contributed by atoms with Gasteiger partial charge in [-0.15, -0.1) is 0 Å². The van der Waals surface area contributed by atoms with E-state index in [0.29, 0.717) is 18.6 Å². The lowest BCUT2D eigenvalue weighted by Crippen LogP contribution is -2.15. The van der Waals surface area contributed by atoms with Crippen LogP contribution in [0.1, 0.15) is 40.2 Å². The quantitative estimate of drug-likeness (QED) is 0.940. The van der Waals surface area contributed by atoms with Crippen molar-refractivity contribution in [1.82, 2.24) is 4.98 Å². The maximum Gasteiger partial charge on any atom is 0.336 e. The van der Waals surface area contributed by atoms with Gasteiger partial charge in [0.2, 0.25) is 0 Å².